The smallest absolute Gasteiger partial charge is 0.0761 e. The Morgan fingerprint density at radius 2 is 2.07 bits per heavy atom. The van der Waals surface area contributed by atoms with Gasteiger partial charge in [0.1, 0.15) is 0 Å². The van der Waals surface area contributed by atoms with Crippen LogP contribution in [0.4, 0.5) is 0 Å². The molecule has 0 radical (unpaired) electrons. The molecule has 2 aliphatic rings. The highest BCUT2D eigenvalue weighted by Gasteiger charge is 2.67. The van der Waals surface area contributed by atoms with Crippen molar-refractivity contribution in [2.75, 3.05) is 0 Å². The fourth-order valence-corrected chi connectivity index (χ4v) is 3.92. The summed E-state index contributed by atoms with van der Waals surface area (Å²) in [6.45, 7) is 6.33. The zero-order chi connectivity index (χ0) is 11.5. The molecule has 3 heteroatoms. The predicted octanol–water partition coefficient (Wildman–Crippen LogP) is 0.704. The van der Waals surface area contributed by atoms with Crippen molar-refractivity contribution in [2.45, 2.75) is 52.1 Å². The standard InChI is InChI=1S/C12H20O3/c1-10(2)8-4-5-11(10,3)12(15,6-8)7-9(13)14/h8,15H,4-7H2,1-3H3,(H,13,14)/p-1/t8-,11-,12+/m0/s1. The largest absolute Gasteiger partial charge is 0.550 e. The third-order valence-electron chi connectivity index (χ3n) is 5.48. The van der Waals surface area contributed by atoms with Crippen molar-refractivity contribution in [1.29, 1.82) is 0 Å². The number of carboxylic acids is 1. The first-order valence-corrected chi connectivity index (χ1v) is 5.65. The monoisotopic (exact) mass is 211 g/mol. The highest BCUT2D eigenvalue weighted by molar-refractivity contribution is 5.66. The average Bonchev–Trinajstić information content (AvgIpc) is 2.34. The Bertz CT molecular complexity index is 310. The third kappa shape index (κ3) is 1.13. The number of carbonyl (C=O) groups excluding carboxylic acids is 1. The van der Waals surface area contributed by atoms with Gasteiger partial charge in [-0.15, -0.1) is 0 Å². The number of hydrogen-bond donors (Lipinski definition) is 1. The summed E-state index contributed by atoms with van der Waals surface area (Å²) in [4.78, 5) is 10.7. The van der Waals surface area contributed by atoms with Crippen LogP contribution in [-0.2, 0) is 4.79 Å². The van der Waals surface area contributed by atoms with Crippen molar-refractivity contribution in [3.8, 4) is 0 Å². The fourth-order valence-electron chi connectivity index (χ4n) is 3.92. The molecular weight excluding hydrogens is 192 g/mol. The highest BCUT2D eigenvalue weighted by atomic mass is 16.4. The van der Waals surface area contributed by atoms with Crippen LogP contribution in [0.1, 0.15) is 46.5 Å². The molecule has 2 saturated carbocycles. The van der Waals surface area contributed by atoms with Crippen LogP contribution in [0, 0.1) is 16.7 Å². The van der Waals surface area contributed by atoms with Crippen LogP contribution in [0.2, 0.25) is 0 Å². The number of carboxylic acid groups (broad SMARTS) is 1. The first-order valence-electron chi connectivity index (χ1n) is 5.65. The van der Waals surface area contributed by atoms with Crippen LogP contribution in [-0.4, -0.2) is 16.7 Å². The molecule has 0 aromatic rings. The molecule has 2 fully saturated rings. The first kappa shape index (κ1) is 10.9. The van der Waals surface area contributed by atoms with Crippen LogP contribution in [0.15, 0.2) is 0 Å². The molecule has 0 spiro atoms. The van der Waals surface area contributed by atoms with E-state index in [-0.39, 0.29) is 17.3 Å². The molecule has 1 N–H and O–H groups in total. The highest BCUT2D eigenvalue weighted by Crippen LogP contribution is 2.70. The maximum absolute atomic E-state index is 10.7. The van der Waals surface area contributed by atoms with Gasteiger partial charge >= 0.3 is 0 Å². The first-order chi connectivity index (χ1) is 6.73. The second-order valence-electron chi connectivity index (χ2n) is 6.07. The van der Waals surface area contributed by atoms with E-state index in [9.17, 15) is 15.0 Å². The van der Waals surface area contributed by atoms with E-state index in [4.69, 9.17) is 0 Å². The second kappa shape index (κ2) is 2.76. The molecule has 0 saturated heterocycles. The van der Waals surface area contributed by atoms with Gasteiger partial charge in [0.15, 0.2) is 0 Å². The van der Waals surface area contributed by atoms with Gasteiger partial charge < -0.3 is 15.0 Å². The molecule has 15 heavy (non-hydrogen) atoms. The summed E-state index contributed by atoms with van der Waals surface area (Å²) in [5.74, 6) is -0.686. The number of aliphatic carboxylic acids is 1. The van der Waals surface area contributed by atoms with Crippen LogP contribution < -0.4 is 5.11 Å². The van der Waals surface area contributed by atoms with Gasteiger partial charge in [0.25, 0.3) is 0 Å². The van der Waals surface area contributed by atoms with E-state index < -0.39 is 11.6 Å². The van der Waals surface area contributed by atoms with E-state index >= 15 is 0 Å². The summed E-state index contributed by atoms with van der Waals surface area (Å²) in [6.07, 6.45) is 2.43. The molecule has 3 atom stereocenters. The average molecular weight is 211 g/mol. The van der Waals surface area contributed by atoms with Gasteiger partial charge in [-0.05, 0) is 30.6 Å². The molecule has 3 nitrogen and oxygen atoms in total. The molecule has 0 aromatic heterocycles. The molecule has 2 aliphatic carbocycles. The van der Waals surface area contributed by atoms with Crippen molar-refractivity contribution in [1.82, 2.24) is 0 Å². The van der Waals surface area contributed by atoms with Gasteiger partial charge in [-0.1, -0.05) is 20.8 Å². The van der Waals surface area contributed by atoms with Crippen LogP contribution in [0.5, 0.6) is 0 Å². The molecule has 86 valence electrons. The molecule has 0 amide bonds. The van der Waals surface area contributed by atoms with Crippen molar-refractivity contribution in [3.05, 3.63) is 0 Å². The van der Waals surface area contributed by atoms with Gasteiger partial charge in [-0.25, -0.2) is 0 Å². The maximum atomic E-state index is 10.7. The lowest BCUT2D eigenvalue weighted by atomic mass is 9.63. The van der Waals surface area contributed by atoms with E-state index in [0.29, 0.717) is 12.3 Å². The second-order valence-corrected chi connectivity index (χ2v) is 6.07. The van der Waals surface area contributed by atoms with Crippen LogP contribution in [0.3, 0.4) is 0 Å². The predicted molar refractivity (Wildman–Crippen MR) is 53.8 cm³/mol. The number of fused-ring (bicyclic) bond motifs is 2. The summed E-state index contributed by atoms with van der Waals surface area (Å²) < 4.78 is 0. The minimum atomic E-state index is -1.14. The van der Waals surface area contributed by atoms with Gasteiger partial charge in [0, 0.05) is 17.8 Å². The minimum Gasteiger partial charge on any atom is -0.550 e. The Labute approximate surface area is 90.5 Å². The summed E-state index contributed by atoms with van der Waals surface area (Å²) in [7, 11) is 0. The molecule has 0 heterocycles. The Morgan fingerprint density at radius 1 is 1.47 bits per heavy atom. The molecule has 0 aliphatic heterocycles. The van der Waals surface area contributed by atoms with Crippen molar-refractivity contribution >= 4 is 5.97 Å². The van der Waals surface area contributed by atoms with Gasteiger partial charge in [-0.3, -0.25) is 0 Å². The van der Waals surface area contributed by atoms with E-state index in [1.54, 1.807) is 0 Å². The number of aliphatic hydroxyl groups is 1. The zero-order valence-corrected chi connectivity index (χ0v) is 9.67. The van der Waals surface area contributed by atoms with E-state index in [1.165, 1.54) is 0 Å². The Balaban J connectivity index is 2.36. The minimum absolute atomic E-state index is 0.0389. The Hall–Kier alpha value is -0.570. The lowest BCUT2D eigenvalue weighted by molar-refractivity contribution is -0.311. The lowest BCUT2D eigenvalue weighted by Gasteiger charge is -2.45. The summed E-state index contributed by atoms with van der Waals surface area (Å²) in [5.41, 5.74) is -1.29. The van der Waals surface area contributed by atoms with Crippen molar-refractivity contribution in [3.63, 3.8) is 0 Å². The molecule has 2 bridgehead atoms. The molecule has 2 rings (SSSR count). The number of hydrogen-bond acceptors (Lipinski definition) is 3. The van der Waals surface area contributed by atoms with Crippen LogP contribution in [0.25, 0.3) is 0 Å². The molecule has 0 aromatic carbocycles. The Kier molecular flexibility index (Phi) is 2.01. The number of rotatable bonds is 2. The van der Waals surface area contributed by atoms with Gasteiger partial charge in [0.05, 0.1) is 5.60 Å². The summed E-state index contributed by atoms with van der Waals surface area (Å²) >= 11 is 0. The molecule has 0 unspecified atom stereocenters. The van der Waals surface area contributed by atoms with Crippen molar-refractivity contribution in [2.24, 2.45) is 16.7 Å². The van der Waals surface area contributed by atoms with Crippen molar-refractivity contribution < 1.29 is 15.0 Å². The van der Waals surface area contributed by atoms with Crippen LogP contribution >= 0.6 is 0 Å². The maximum Gasteiger partial charge on any atom is 0.0761 e. The molecular formula is C12H19O3-. The van der Waals surface area contributed by atoms with E-state index in [0.717, 1.165) is 12.8 Å². The van der Waals surface area contributed by atoms with Gasteiger partial charge in [0.2, 0.25) is 0 Å². The normalized spacial score (nSPS) is 47.1. The Morgan fingerprint density at radius 3 is 2.40 bits per heavy atom. The fraction of sp³-hybridized carbons (Fsp3) is 0.917. The lowest BCUT2D eigenvalue weighted by Crippen LogP contribution is -2.50. The van der Waals surface area contributed by atoms with E-state index in [1.807, 2.05) is 6.92 Å². The quantitative estimate of drug-likeness (QED) is 0.731. The SMILES string of the molecule is CC1(C)[C@H]2CC[C@]1(C)[C@](O)(CC(=O)[O-])C2. The van der Waals surface area contributed by atoms with Gasteiger partial charge in [-0.2, -0.15) is 0 Å². The summed E-state index contributed by atoms with van der Waals surface area (Å²) in [5, 5.41) is 21.2. The topological polar surface area (TPSA) is 60.4 Å². The number of carbonyl (C=O) groups is 1. The third-order valence-corrected chi connectivity index (χ3v) is 5.48. The summed E-state index contributed by atoms with van der Waals surface area (Å²) in [6, 6.07) is 0. The zero-order valence-electron chi connectivity index (χ0n) is 9.67. The van der Waals surface area contributed by atoms with E-state index in [2.05, 4.69) is 13.8 Å².